The number of esters is 1. The molecule has 1 fully saturated rings. The molecule has 7 nitrogen and oxygen atoms in total. The van der Waals surface area contributed by atoms with Gasteiger partial charge >= 0.3 is 5.97 Å². The lowest BCUT2D eigenvalue weighted by molar-refractivity contribution is 0.0433. The molecule has 2 N–H and O–H groups in total. The van der Waals surface area contributed by atoms with Crippen LogP contribution < -0.4 is 5.73 Å². The van der Waals surface area contributed by atoms with Crippen molar-refractivity contribution in [3.8, 4) is 0 Å². The summed E-state index contributed by atoms with van der Waals surface area (Å²) in [7, 11) is 2.12. The summed E-state index contributed by atoms with van der Waals surface area (Å²) in [5.74, 6) is -0.202. The van der Waals surface area contributed by atoms with Crippen LogP contribution in [0.15, 0.2) is 36.5 Å². The van der Waals surface area contributed by atoms with Crippen LogP contribution >= 0.6 is 0 Å². The van der Waals surface area contributed by atoms with Gasteiger partial charge in [-0.2, -0.15) is 5.10 Å². The second kappa shape index (κ2) is 8.13. The average Bonchev–Trinajstić information content (AvgIpc) is 2.98. The number of piperazine rings is 1. The molecule has 1 saturated heterocycles. The van der Waals surface area contributed by atoms with Crippen LogP contribution in [0.3, 0.4) is 0 Å². The first kappa shape index (κ1) is 17.4. The number of nitrogens with two attached hydrogens (primary N) is 1. The number of anilines is 1. The van der Waals surface area contributed by atoms with E-state index in [9.17, 15) is 4.79 Å². The van der Waals surface area contributed by atoms with Crippen LogP contribution in [0.5, 0.6) is 0 Å². The first-order valence-electron chi connectivity index (χ1n) is 8.56. The molecule has 1 aromatic carbocycles. The van der Waals surface area contributed by atoms with E-state index in [1.54, 1.807) is 10.9 Å². The predicted octanol–water partition coefficient (Wildman–Crippen LogP) is 0.918. The molecule has 1 aromatic heterocycles. The van der Waals surface area contributed by atoms with E-state index in [4.69, 9.17) is 10.5 Å². The smallest absolute Gasteiger partial charge is 0.343 e. The Morgan fingerprint density at radius 2 is 1.92 bits per heavy atom. The number of benzene rings is 1. The Bertz CT molecular complexity index is 693. The third kappa shape index (κ3) is 4.80. The van der Waals surface area contributed by atoms with E-state index in [2.05, 4.69) is 21.9 Å². The highest BCUT2D eigenvalue weighted by molar-refractivity contribution is 5.93. The number of hydrogen-bond donors (Lipinski definition) is 1. The Hall–Kier alpha value is -2.38. The Morgan fingerprint density at radius 3 is 2.64 bits per heavy atom. The topological polar surface area (TPSA) is 76.6 Å². The second-order valence-corrected chi connectivity index (χ2v) is 6.39. The average molecular weight is 343 g/mol. The summed E-state index contributed by atoms with van der Waals surface area (Å²) in [6.07, 6.45) is 1.65. The van der Waals surface area contributed by atoms with Crippen molar-refractivity contribution in [2.24, 2.45) is 0 Å². The number of likely N-dealkylation sites (N-methyl/N-ethyl adjacent to an activating group) is 1. The van der Waals surface area contributed by atoms with Crippen molar-refractivity contribution in [1.82, 2.24) is 19.6 Å². The molecule has 2 heterocycles. The third-order valence-corrected chi connectivity index (χ3v) is 4.43. The molecule has 0 unspecified atom stereocenters. The fourth-order valence-electron chi connectivity index (χ4n) is 2.86. The lowest BCUT2D eigenvalue weighted by Crippen LogP contribution is -2.45. The van der Waals surface area contributed by atoms with Gasteiger partial charge in [0.15, 0.2) is 5.82 Å². The molecule has 0 saturated carbocycles. The van der Waals surface area contributed by atoms with Crippen molar-refractivity contribution in [1.29, 1.82) is 0 Å². The van der Waals surface area contributed by atoms with E-state index in [1.807, 2.05) is 30.3 Å². The first-order chi connectivity index (χ1) is 12.1. The largest absolute Gasteiger partial charge is 0.461 e. The monoisotopic (exact) mass is 343 g/mol. The second-order valence-electron chi connectivity index (χ2n) is 6.39. The molecule has 0 aliphatic carbocycles. The number of rotatable bonds is 6. The maximum atomic E-state index is 12.2. The van der Waals surface area contributed by atoms with Crippen LogP contribution in [0.2, 0.25) is 0 Å². The molecular weight excluding hydrogens is 318 g/mol. The van der Waals surface area contributed by atoms with Crippen LogP contribution in [0.1, 0.15) is 15.9 Å². The van der Waals surface area contributed by atoms with Gasteiger partial charge in [-0.25, -0.2) is 4.79 Å². The van der Waals surface area contributed by atoms with Gasteiger partial charge in [-0.1, -0.05) is 30.3 Å². The van der Waals surface area contributed by atoms with Gasteiger partial charge in [0.05, 0.1) is 6.54 Å². The van der Waals surface area contributed by atoms with Gasteiger partial charge in [-0.15, -0.1) is 0 Å². The lowest BCUT2D eigenvalue weighted by Gasteiger charge is -2.31. The van der Waals surface area contributed by atoms with Crippen LogP contribution in [-0.2, 0) is 11.3 Å². The molecule has 1 aliphatic rings. The zero-order chi connectivity index (χ0) is 17.6. The van der Waals surface area contributed by atoms with Crippen LogP contribution in [-0.4, -0.2) is 71.9 Å². The number of aromatic nitrogens is 2. The number of carbonyl (C=O) groups excluding carboxylic acids is 1. The first-order valence-corrected chi connectivity index (χ1v) is 8.56. The highest BCUT2D eigenvalue weighted by Crippen LogP contribution is 2.12. The van der Waals surface area contributed by atoms with Gasteiger partial charge in [0.25, 0.3) is 0 Å². The minimum Gasteiger partial charge on any atom is -0.461 e. The van der Waals surface area contributed by atoms with Gasteiger partial charge in [0.1, 0.15) is 12.2 Å². The van der Waals surface area contributed by atoms with Gasteiger partial charge in [-0.3, -0.25) is 9.58 Å². The quantitative estimate of drug-likeness (QED) is 0.786. The molecule has 25 heavy (non-hydrogen) atoms. The molecule has 7 heteroatoms. The molecule has 2 aromatic rings. The van der Waals surface area contributed by atoms with Gasteiger partial charge in [0.2, 0.25) is 0 Å². The lowest BCUT2D eigenvalue weighted by atomic mass is 10.2. The highest BCUT2D eigenvalue weighted by Gasteiger charge is 2.18. The summed E-state index contributed by atoms with van der Waals surface area (Å²) in [5.41, 5.74) is 7.30. The summed E-state index contributed by atoms with van der Waals surface area (Å²) >= 11 is 0. The maximum Gasteiger partial charge on any atom is 0.343 e. The van der Waals surface area contributed by atoms with Crippen molar-refractivity contribution in [3.05, 3.63) is 47.7 Å². The van der Waals surface area contributed by atoms with E-state index in [0.717, 1.165) is 38.3 Å². The molecule has 0 radical (unpaired) electrons. The van der Waals surface area contributed by atoms with Crippen molar-refractivity contribution in [3.63, 3.8) is 0 Å². The molecule has 0 amide bonds. The zero-order valence-corrected chi connectivity index (χ0v) is 14.6. The fraction of sp³-hybridized carbons (Fsp3) is 0.444. The fourth-order valence-corrected chi connectivity index (χ4v) is 2.86. The van der Waals surface area contributed by atoms with Gasteiger partial charge in [-0.05, 0) is 12.6 Å². The van der Waals surface area contributed by atoms with E-state index >= 15 is 0 Å². The normalized spacial score (nSPS) is 16.0. The minimum atomic E-state index is -0.411. The minimum absolute atomic E-state index is 0.209. The van der Waals surface area contributed by atoms with Crippen molar-refractivity contribution in [2.75, 3.05) is 52.1 Å². The summed E-state index contributed by atoms with van der Waals surface area (Å²) in [5, 5.41) is 4.21. The van der Waals surface area contributed by atoms with Crippen molar-refractivity contribution in [2.45, 2.75) is 6.54 Å². The molecule has 0 atom stereocenters. The van der Waals surface area contributed by atoms with Crippen LogP contribution in [0.4, 0.5) is 5.82 Å². The summed E-state index contributed by atoms with van der Waals surface area (Å²) < 4.78 is 7.04. The van der Waals surface area contributed by atoms with Crippen molar-refractivity contribution >= 4 is 11.8 Å². The van der Waals surface area contributed by atoms with Crippen molar-refractivity contribution < 1.29 is 9.53 Å². The van der Waals surface area contributed by atoms with Gasteiger partial charge in [0, 0.05) is 38.9 Å². The van der Waals surface area contributed by atoms with E-state index in [0.29, 0.717) is 18.7 Å². The van der Waals surface area contributed by atoms with Crippen LogP contribution in [0, 0.1) is 0 Å². The van der Waals surface area contributed by atoms with Gasteiger partial charge < -0.3 is 15.4 Å². The summed E-state index contributed by atoms with van der Waals surface area (Å²) in [6, 6.07) is 9.91. The molecule has 0 bridgehead atoms. The Kier molecular flexibility index (Phi) is 5.67. The maximum absolute atomic E-state index is 12.2. The number of nitrogens with zero attached hydrogens (tertiary/aromatic N) is 4. The molecule has 3 rings (SSSR count). The molecular formula is C18H25N5O2. The number of nitrogen functional groups attached to an aromatic ring is 1. The number of carbonyl (C=O) groups is 1. The Balaban J connectivity index is 1.50. The SMILES string of the molecule is CN1CCN(CCOC(=O)c2cn(Cc3ccccc3)nc2N)CC1. The standard InChI is InChI=1S/C18H25N5O2/c1-21-7-9-22(10-8-21)11-12-25-18(24)16-14-23(20-17(16)19)13-15-5-3-2-4-6-15/h2-6,14H,7-13H2,1H3,(H2,19,20). The van der Waals surface area contributed by atoms with Crippen LogP contribution in [0.25, 0.3) is 0 Å². The van der Waals surface area contributed by atoms with E-state index < -0.39 is 5.97 Å². The Labute approximate surface area is 148 Å². The number of hydrogen-bond acceptors (Lipinski definition) is 6. The predicted molar refractivity (Wildman–Crippen MR) is 96.4 cm³/mol. The Morgan fingerprint density at radius 1 is 1.20 bits per heavy atom. The van der Waals surface area contributed by atoms with E-state index in [-0.39, 0.29) is 5.82 Å². The summed E-state index contributed by atoms with van der Waals surface area (Å²) in [4.78, 5) is 16.8. The molecule has 134 valence electrons. The zero-order valence-electron chi connectivity index (χ0n) is 14.6. The molecule has 1 aliphatic heterocycles. The number of ether oxygens (including phenoxy) is 1. The third-order valence-electron chi connectivity index (χ3n) is 4.43. The van der Waals surface area contributed by atoms with E-state index in [1.165, 1.54) is 0 Å². The molecule has 0 spiro atoms. The highest BCUT2D eigenvalue weighted by atomic mass is 16.5. The summed E-state index contributed by atoms with van der Waals surface area (Å²) in [6.45, 7) is 5.79.